The van der Waals surface area contributed by atoms with Crippen molar-refractivity contribution in [3.8, 4) is 6.07 Å². The van der Waals surface area contributed by atoms with Gasteiger partial charge in [0.1, 0.15) is 26.5 Å². The minimum absolute atomic E-state index is 0.0945. The summed E-state index contributed by atoms with van der Waals surface area (Å²) in [5.74, 6) is 0.184. The number of hydrogen-bond donors (Lipinski definition) is 6. The molecule has 55 heavy (non-hydrogen) atoms. The van der Waals surface area contributed by atoms with Crippen molar-refractivity contribution in [2.75, 3.05) is 32.1 Å². The second-order valence-electron chi connectivity index (χ2n) is 16.7. The lowest BCUT2D eigenvalue weighted by Crippen LogP contribution is -2.63. The van der Waals surface area contributed by atoms with Crippen molar-refractivity contribution in [2.24, 2.45) is 5.41 Å². The molecule has 6 atom stereocenters. The van der Waals surface area contributed by atoms with Crippen LogP contribution >= 0.6 is 35.7 Å². The van der Waals surface area contributed by atoms with E-state index in [0.717, 1.165) is 5.75 Å². The number of unbranched alkanes of at least 4 members (excludes halogenated alkanes) is 2. The van der Waals surface area contributed by atoms with Gasteiger partial charge in [0, 0.05) is 38.5 Å². The van der Waals surface area contributed by atoms with E-state index in [-0.39, 0.29) is 24.8 Å². The zero-order valence-electron chi connectivity index (χ0n) is 34.7. The Balaban J connectivity index is 2.46. The van der Waals surface area contributed by atoms with Gasteiger partial charge in [0.15, 0.2) is 12.6 Å². The van der Waals surface area contributed by atoms with Crippen molar-refractivity contribution >= 4 is 57.0 Å². The molecule has 0 aliphatic carbocycles. The molecule has 3 amide bonds. The van der Waals surface area contributed by atoms with E-state index in [1.807, 2.05) is 69.2 Å². The first kappa shape index (κ1) is 51.4. The normalized spacial score (nSPS) is 21.9. The average molecular weight is 837 g/mol. The lowest BCUT2D eigenvalue weighted by Gasteiger charge is -2.41. The second-order valence-corrected chi connectivity index (χ2v) is 20.7. The maximum atomic E-state index is 13.2. The van der Waals surface area contributed by atoms with Crippen LogP contribution in [0.2, 0.25) is 0 Å². The summed E-state index contributed by atoms with van der Waals surface area (Å²) in [5, 5.41) is 48.1. The van der Waals surface area contributed by atoms with E-state index < -0.39 is 63.7 Å². The molecule has 1 heterocycles. The number of nitriles is 1. The number of hydrogen-bond acceptors (Lipinski definition) is 14. The van der Waals surface area contributed by atoms with Crippen LogP contribution in [-0.2, 0) is 33.3 Å². The molecule has 0 aromatic heterocycles. The SMILES string of the molecule is CCSC(=S)SC(C)(C#N)CCC(=O)NCCC(C)(C)OCC(C)(C)OC(C)(C)CC(C)(C)C(=O)NCCCCCOC1OC(O)C(O)C(O)C1NC(C)=O. The number of carbonyl (C=O) groups is 3. The number of thioether (sulfide) groups is 2. The maximum absolute atomic E-state index is 13.2. The van der Waals surface area contributed by atoms with Gasteiger partial charge in [0.25, 0.3) is 0 Å². The van der Waals surface area contributed by atoms with Gasteiger partial charge in [0.2, 0.25) is 17.7 Å². The number of rotatable bonds is 24. The number of thiocarbonyl (C=S) groups is 1. The van der Waals surface area contributed by atoms with E-state index in [1.54, 1.807) is 0 Å². The monoisotopic (exact) mass is 836 g/mol. The van der Waals surface area contributed by atoms with Gasteiger partial charge >= 0.3 is 0 Å². The highest BCUT2D eigenvalue weighted by Crippen LogP contribution is 2.35. The Morgan fingerprint density at radius 3 is 2.15 bits per heavy atom. The van der Waals surface area contributed by atoms with E-state index in [4.69, 9.17) is 31.2 Å². The van der Waals surface area contributed by atoms with E-state index in [9.17, 15) is 35.0 Å². The first-order valence-electron chi connectivity index (χ1n) is 19.0. The fraction of sp³-hybridized carbons (Fsp3) is 0.868. The maximum Gasteiger partial charge on any atom is 0.225 e. The Labute approximate surface area is 342 Å². The number of amides is 3. The minimum Gasteiger partial charge on any atom is -0.388 e. The third-order valence-corrected chi connectivity index (χ3v) is 11.5. The van der Waals surface area contributed by atoms with Crippen molar-refractivity contribution in [3.63, 3.8) is 0 Å². The molecule has 6 unspecified atom stereocenters. The Kier molecular flexibility index (Phi) is 21.6. The van der Waals surface area contributed by atoms with E-state index in [1.165, 1.54) is 30.4 Å². The fourth-order valence-corrected chi connectivity index (χ4v) is 9.12. The smallest absolute Gasteiger partial charge is 0.225 e. The molecule has 17 heteroatoms. The molecule has 0 saturated carbocycles. The summed E-state index contributed by atoms with van der Waals surface area (Å²) < 4.78 is 23.7. The van der Waals surface area contributed by atoms with Crippen molar-refractivity contribution in [2.45, 2.75) is 173 Å². The molecule has 0 bridgehead atoms. The lowest BCUT2D eigenvalue weighted by molar-refractivity contribution is -0.315. The van der Waals surface area contributed by atoms with Crippen LogP contribution in [0.5, 0.6) is 0 Å². The first-order valence-corrected chi connectivity index (χ1v) is 21.2. The van der Waals surface area contributed by atoms with Crippen molar-refractivity contribution < 1.29 is 48.7 Å². The molecule has 6 N–H and O–H groups in total. The molecule has 1 saturated heterocycles. The summed E-state index contributed by atoms with van der Waals surface area (Å²) in [6.45, 7) is 22.0. The third kappa shape index (κ3) is 20.1. The largest absolute Gasteiger partial charge is 0.388 e. The molecule has 0 aromatic rings. The number of aliphatic hydroxyl groups excluding tert-OH is 3. The second kappa shape index (κ2) is 23.1. The van der Waals surface area contributed by atoms with Gasteiger partial charge in [-0.25, -0.2) is 0 Å². The zero-order chi connectivity index (χ0) is 42.3. The predicted molar refractivity (Wildman–Crippen MR) is 220 cm³/mol. The Morgan fingerprint density at radius 1 is 0.891 bits per heavy atom. The van der Waals surface area contributed by atoms with Gasteiger partial charge in [-0.05, 0) is 92.7 Å². The Bertz CT molecular complexity index is 1300. The fourth-order valence-electron chi connectivity index (χ4n) is 6.22. The van der Waals surface area contributed by atoms with Crippen LogP contribution < -0.4 is 16.0 Å². The Morgan fingerprint density at radius 2 is 1.55 bits per heavy atom. The summed E-state index contributed by atoms with van der Waals surface area (Å²) in [6, 6.07) is 1.26. The molecule has 0 aromatic carbocycles. The zero-order valence-corrected chi connectivity index (χ0v) is 37.2. The molecule has 1 fully saturated rings. The highest BCUT2D eigenvalue weighted by Gasteiger charge is 2.45. The van der Waals surface area contributed by atoms with E-state index in [0.29, 0.717) is 61.7 Å². The topological polar surface area (TPSA) is 209 Å². The van der Waals surface area contributed by atoms with Gasteiger partial charge < -0.3 is 50.2 Å². The van der Waals surface area contributed by atoms with E-state index in [2.05, 4.69) is 22.0 Å². The summed E-state index contributed by atoms with van der Waals surface area (Å²) in [6.07, 6.45) is -2.16. The molecule has 14 nitrogen and oxygen atoms in total. The quantitative estimate of drug-likeness (QED) is 0.0592. The predicted octanol–water partition coefficient (Wildman–Crippen LogP) is 4.32. The number of nitrogens with one attached hydrogen (secondary N) is 3. The average Bonchev–Trinajstić information content (AvgIpc) is 3.05. The number of nitrogens with zero attached hydrogens (tertiary/aromatic N) is 1. The number of aliphatic hydroxyl groups is 3. The van der Waals surface area contributed by atoms with Gasteiger partial charge in [-0.15, -0.1) is 11.8 Å². The van der Waals surface area contributed by atoms with Crippen LogP contribution in [0.3, 0.4) is 0 Å². The van der Waals surface area contributed by atoms with Gasteiger partial charge in [-0.1, -0.05) is 44.8 Å². The highest BCUT2D eigenvalue weighted by atomic mass is 32.2. The van der Waals surface area contributed by atoms with Gasteiger partial charge in [0.05, 0.1) is 29.5 Å². The summed E-state index contributed by atoms with van der Waals surface area (Å²) in [4.78, 5) is 37.3. The summed E-state index contributed by atoms with van der Waals surface area (Å²) in [5.41, 5.74) is -2.60. The molecular formula is C38H68N4O10S3. The van der Waals surface area contributed by atoms with E-state index >= 15 is 0 Å². The van der Waals surface area contributed by atoms with Crippen LogP contribution in [0.4, 0.5) is 0 Å². The molecule has 1 rings (SSSR count). The van der Waals surface area contributed by atoms with Crippen molar-refractivity contribution in [1.82, 2.24) is 16.0 Å². The summed E-state index contributed by atoms with van der Waals surface area (Å²) in [7, 11) is 0. The van der Waals surface area contributed by atoms with Crippen LogP contribution in [0.25, 0.3) is 0 Å². The molecule has 318 valence electrons. The van der Waals surface area contributed by atoms with Crippen LogP contribution in [0.15, 0.2) is 0 Å². The van der Waals surface area contributed by atoms with Gasteiger partial charge in [-0.3, -0.25) is 14.4 Å². The number of carbonyl (C=O) groups excluding carboxylic acids is 3. The first-order chi connectivity index (χ1) is 25.3. The standard InChI is InChI=1S/C38H68N4O10S3/c1-12-54-33(53)55-38(11,23-39)17-16-26(44)40-20-18-35(5,6)50-24-37(9,10)52-36(7,8)22-34(3,4)32(48)41-19-14-13-15-21-49-31-27(42-25(2)43)28(45)29(46)30(47)51-31/h27-31,45-47H,12-22,24H2,1-11H3,(H,40,44)(H,41,48)(H,42,43). The van der Waals surface area contributed by atoms with Crippen molar-refractivity contribution in [1.29, 1.82) is 5.26 Å². The minimum atomic E-state index is -1.64. The van der Waals surface area contributed by atoms with Crippen LogP contribution in [0, 0.1) is 16.7 Å². The summed E-state index contributed by atoms with van der Waals surface area (Å²) >= 11 is 8.20. The molecule has 0 radical (unpaired) electrons. The third-order valence-electron chi connectivity index (χ3n) is 8.87. The van der Waals surface area contributed by atoms with Gasteiger partial charge in [-0.2, -0.15) is 5.26 Å². The molecule has 1 aliphatic heterocycles. The molecular weight excluding hydrogens is 769 g/mol. The molecule has 1 aliphatic rings. The van der Waals surface area contributed by atoms with Crippen LogP contribution in [-0.4, -0.2) is 121 Å². The highest BCUT2D eigenvalue weighted by molar-refractivity contribution is 8.47. The lowest BCUT2D eigenvalue weighted by atomic mass is 9.80. The van der Waals surface area contributed by atoms with Crippen LogP contribution in [0.1, 0.15) is 121 Å². The number of ether oxygens (including phenoxy) is 4. The Hall–Kier alpha value is -1.59. The molecule has 0 spiro atoms. The van der Waals surface area contributed by atoms with Crippen molar-refractivity contribution in [3.05, 3.63) is 0 Å².